The quantitative estimate of drug-likeness (QED) is 0.470. The van der Waals surface area contributed by atoms with Gasteiger partial charge in [0.1, 0.15) is 0 Å². The molecule has 0 bridgehead atoms. The zero-order chi connectivity index (χ0) is 19.0. The molecule has 0 aliphatic carbocycles. The van der Waals surface area contributed by atoms with Crippen molar-refractivity contribution in [1.29, 1.82) is 0 Å². The number of aromatic nitrogens is 2. The molecule has 0 saturated heterocycles. The molecule has 2 heterocycles. The Morgan fingerprint density at radius 3 is 2.41 bits per heavy atom. The Morgan fingerprint density at radius 1 is 0.963 bits per heavy atom. The fraction of sp³-hybridized carbons (Fsp3) is 0.143. The summed E-state index contributed by atoms with van der Waals surface area (Å²) in [6.45, 7) is 1.89. The van der Waals surface area contributed by atoms with Crippen LogP contribution in [0, 0.1) is 6.92 Å². The molecule has 2 aromatic heterocycles. The van der Waals surface area contributed by atoms with Gasteiger partial charge in [-0.3, -0.25) is 0 Å². The number of hydrogen-bond donors (Lipinski definition) is 0. The van der Waals surface area contributed by atoms with Gasteiger partial charge in [0.15, 0.2) is 0 Å². The number of rotatable bonds is 4. The summed E-state index contributed by atoms with van der Waals surface area (Å²) in [6.07, 6.45) is 0. The monoisotopic (exact) mass is 426 g/mol. The van der Waals surface area contributed by atoms with Crippen LogP contribution in [-0.4, -0.2) is 38.5 Å². The summed E-state index contributed by atoms with van der Waals surface area (Å²) in [6, 6.07) is 17.4. The second kappa shape index (κ2) is 7.06. The number of para-hydroxylation sites is 1. The fourth-order valence-corrected chi connectivity index (χ4v) is 5.61. The van der Waals surface area contributed by atoms with Crippen LogP contribution in [0.4, 0.5) is 0 Å². The summed E-state index contributed by atoms with van der Waals surface area (Å²) in [7, 11) is 3.22. The van der Waals surface area contributed by atoms with Crippen LogP contribution in [0.5, 0.6) is 11.5 Å². The van der Waals surface area contributed by atoms with Crippen molar-refractivity contribution in [3.05, 3.63) is 70.5 Å². The van der Waals surface area contributed by atoms with Crippen LogP contribution in [0.2, 0.25) is 0 Å². The van der Waals surface area contributed by atoms with Crippen molar-refractivity contribution in [2.45, 2.75) is 6.92 Å². The first kappa shape index (κ1) is 17.6. The molecule has 6 heteroatoms. The molecule has 0 spiro atoms. The summed E-state index contributed by atoms with van der Waals surface area (Å²) in [4.78, 5) is 12.8. The Labute approximate surface area is 162 Å². The minimum absolute atomic E-state index is 0.00240. The summed E-state index contributed by atoms with van der Waals surface area (Å²) in [5.41, 5.74) is 2.70. The molecule has 0 aliphatic heterocycles. The first-order chi connectivity index (χ1) is 13.1. The van der Waals surface area contributed by atoms with Crippen LogP contribution >= 0.6 is 0 Å². The van der Waals surface area contributed by atoms with Crippen LogP contribution < -0.4 is 14.9 Å². The van der Waals surface area contributed by atoms with Gasteiger partial charge in [-0.25, -0.2) is 0 Å². The van der Waals surface area contributed by atoms with Gasteiger partial charge < -0.3 is 0 Å². The maximum atomic E-state index is 12.8. The molecular weight excluding hydrogens is 407 g/mol. The summed E-state index contributed by atoms with van der Waals surface area (Å²) in [5, 5.41) is 5.36. The van der Waals surface area contributed by atoms with Gasteiger partial charge in [0, 0.05) is 0 Å². The Hall–Kier alpha value is -2.82. The van der Waals surface area contributed by atoms with Gasteiger partial charge >= 0.3 is 162 Å². The third-order valence-corrected chi connectivity index (χ3v) is 6.80. The molecule has 0 aliphatic rings. The number of aryl methyl sites for hydroxylation is 1. The molecule has 0 fully saturated rings. The van der Waals surface area contributed by atoms with E-state index in [2.05, 4.69) is 5.10 Å². The van der Waals surface area contributed by atoms with Crippen molar-refractivity contribution in [2.75, 3.05) is 14.2 Å². The second-order valence-electron chi connectivity index (χ2n) is 6.06. The SMILES string of the molecule is COc1ccc(-c2cc(=O)c3c(C)nn(-c4ccccc4)c3[se]2)cc1OC. The molecule has 0 saturated carbocycles. The average Bonchev–Trinajstić information content (AvgIpc) is 3.05. The standard InChI is InChI=1S/C21H18N2O3Se/c1-13-20-16(24)12-19(14-9-10-17(25-2)18(11-14)26-3)27-21(20)23(22-13)15-7-5-4-6-8-15/h4-12H,1-3H3. The number of hydrogen-bond acceptors (Lipinski definition) is 4. The fourth-order valence-electron chi connectivity index (χ4n) is 3.08. The van der Waals surface area contributed by atoms with E-state index in [4.69, 9.17) is 9.47 Å². The van der Waals surface area contributed by atoms with Crippen molar-refractivity contribution in [3.63, 3.8) is 0 Å². The molecule has 27 heavy (non-hydrogen) atoms. The van der Waals surface area contributed by atoms with E-state index in [-0.39, 0.29) is 19.9 Å². The number of benzene rings is 2. The Morgan fingerprint density at radius 2 is 1.70 bits per heavy atom. The molecule has 136 valence electrons. The molecule has 2 aromatic carbocycles. The first-order valence-electron chi connectivity index (χ1n) is 8.43. The Bertz CT molecular complexity index is 1180. The van der Waals surface area contributed by atoms with E-state index in [0.717, 1.165) is 31.2 Å². The van der Waals surface area contributed by atoms with Crippen molar-refractivity contribution >= 4 is 24.3 Å². The average molecular weight is 425 g/mol. The predicted octanol–water partition coefficient (Wildman–Crippen LogP) is 3.44. The Kier molecular flexibility index (Phi) is 4.60. The van der Waals surface area contributed by atoms with Crippen LogP contribution in [0.15, 0.2) is 59.4 Å². The molecule has 4 rings (SSSR count). The predicted molar refractivity (Wildman–Crippen MR) is 108 cm³/mol. The molecular formula is C21H18N2O3Se. The van der Waals surface area contributed by atoms with E-state index in [0.29, 0.717) is 11.5 Å². The zero-order valence-electron chi connectivity index (χ0n) is 15.2. The summed E-state index contributed by atoms with van der Waals surface area (Å²) < 4.78 is 14.6. The molecule has 0 amide bonds. The normalized spacial score (nSPS) is 10.9. The topological polar surface area (TPSA) is 53.3 Å². The molecule has 0 N–H and O–H groups in total. The van der Waals surface area contributed by atoms with E-state index in [9.17, 15) is 4.79 Å². The van der Waals surface area contributed by atoms with Gasteiger partial charge in [0.25, 0.3) is 0 Å². The molecule has 4 aromatic rings. The number of ether oxygens (including phenoxy) is 2. The van der Waals surface area contributed by atoms with Crippen LogP contribution in [0.3, 0.4) is 0 Å². The van der Waals surface area contributed by atoms with Crippen molar-refractivity contribution in [3.8, 4) is 27.2 Å². The third kappa shape index (κ3) is 3.07. The molecule has 0 radical (unpaired) electrons. The summed E-state index contributed by atoms with van der Waals surface area (Å²) in [5.74, 6) is 1.32. The Balaban J connectivity index is 1.95. The minimum atomic E-state index is -0.0695. The number of nitrogens with zero attached hydrogens (tertiary/aromatic N) is 2. The zero-order valence-corrected chi connectivity index (χ0v) is 16.9. The van der Waals surface area contributed by atoms with Crippen molar-refractivity contribution in [1.82, 2.24) is 9.78 Å². The van der Waals surface area contributed by atoms with Crippen LogP contribution in [0.25, 0.3) is 25.5 Å². The van der Waals surface area contributed by atoms with Gasteiger partial charge in [-0.2, -0.15) is 0 Å². The van der Waals surface area contributed by atoms with Gasteiger partial charge in [0.05, 0.1) is 0 Å². The molecule has 5 nitrogen and oxygen atoms in total. The second-order valence-corrected chi connectivity index (χ2v) is 8.22. The summed E-state index contributed by atoms with van der Waals surface area (Å²) >= 11 is -0.0695. The van der Waals surface area contributed by atoms with E-state index in [1.54, 1.807) is 20.3 Å². The van der Waals surface area contributed by atoms with E-state index >= 15 is 0 Å². The van der Waals surface area contributed by atoms with Gasteiger partial charge in [-0.15, -0.1) is 0 Å². The van der Waals surface area contributed by atoms with E-state index in [1.807, 2.05) is 60.1 Å². The number of methoxy groups -OCH3 is 2. The van der Waals surface area contributed by atoms with Crippen molar-refractivity contribution < 1.29 is 9.47 Å². The van der Waals surface area contributed by atoms with Gasteiger partial charge in [-0.1, -0.05) is 0 Å². The van der Waals surface area contributed by atoms with Gasteiger partial charge in [0.2, 0.25) is 0 Å². The molecule has 0 atom stereocenters. The third-order valence-electron chi connectivity index (χ3n) is 4.40. The first-order valence-corrected chi connectivity index (χ1v) is 10.1. The van der Waals surface area contributed by atoms with Crippen LogP contribution in [-0.2, 0) is 0 Å². The number of fused-ring (bicyclic) bond motifs is 1. The molecule has 0 unspecified atom stereocenters. The van der Waals surface area contributed by atoms with Crippen LogP contribution in [0.1, 0.15) is 5.69 Å². The van der Waals surface area contributed by atoms with E-state index in [1.165, 1.54) is 0 Å². The van der Waals surface area contributed by atoms with E-state index < -0.39 is 0 Å². The van der Waals surface area contributed by atoms with Gasteiger partial charge in [-0.05, 0) is 0 Å². The van der Waals surface area contributed by atoms with Crippen molar-refractivity contribution in [2.24, 2.45) is 0 Å². The maximum absolute atomic E-state index is 12.8.